The molecule has 1 saturated heterocycles. The third-order valence-electron chi connectivity index (χ3n) is 3.51. The normalized spacial score (nSPS) is 16.4. The lowest BCUT2D eigenvalue weighted by Crippen LogP contribution is -2.45. The van der Waals surface area contributed by atoms with Crippen LogP contribution >= 0.6 is 40.7 Å². The minimum atomic E-state index is 0. The van der Waals surface area contributed by atoms with Gasteiger partial charge in [-0.2, -0.15) is 0 Å². The first-order valence-corrected chi connectivity index (χ1v) is 7.27. The van der Waals surface area contributed by atoms with E-state index in [0.29, 0.717) is 5.69 Å². The molecule has 7 heteroatoms. The molecule has 0 spiro atoms. The van der Waals surface area contributed by atoms with Crippen LogP contribution in [0.1, 0.15) is 18.0 Å². The Bertz CT molecular complexity index is 468. The molecule has 1 aromatic carbocycles. The summed E-state index contributed by atoms with van der Waals surface area (Å²) >= 11 is 3.53. The molecule has 0 aliphatic carbocycles. The van der Waals surface area contributed by atoms with E-state index in [4.69, 9.17) is 5.73 Å². The van der Waals surface area contributed by atoms with E-state index in [2.05, 4.69) is 32.7 Å². The van der Waals surface area contributed by atoms with Gasteiger partial charge in [0.05, 0.1) is 5.69 Å². The molecular formula is C14H22BrCl2N3O. The van der Waals surface area contributed by atoms with Gasteiger partial charge >= 0.3 is 0 Å². The Morgan fingerprint density at radius 3 is 2.57 bits per heavy atom. The molecule has 21 heavy (non-hydrogen) atoms. The molecule has 1 aromatic rings. The first kappa shape index (κ1) is 20.5. The topological polar surface area (TPSA) is 61.5 Å². The number of rotatable bonds is 4. The average molecular weight is 399 g/mol. The molecule has 1 fully saturated rings. The Morgan fingerprint density at radius 2 is 2.00 bits per heavy atom. The highest BCUT2D eigenvalue weighted by atomic mass is 79.9. The van der Waals surface area contributed by atoms with Crippen molar-refractivity contribution in [2.45, 2.75) is 12.5 Å². The fourth-order valence-corrected chi connectivity index (χ4v) is 3.10. The molecule has 0 aromatic heterocycles. The number of piperazine rings is 1. The van der Waals surface area contributed by atoms with Gasteiger partial charge in [0.2, 0.25) is 0 Å². The zero-order valence-corrected chi connectivity index (χ0v) is 14.9. The maximum atomic E-state index is 10.3. The van der Waals surface area contributed by atoms with Crippen molar-refractivity contribution in [3.05, 3.63) is 34.8 Å². The van der Waals surface area contributed by atoms with Crippen LogP contribution in [0.15, 0.2) is 29.3 Å². The lowest BCUT2D eigenvalue weighted by atomic mass is 9.99. The van der Waals surface area contributed by atoms with Gasteiger partial charge in [0, 0.05) is 42.3 Å². The van der Waals surface area contributed by atoms with Gasteiger partial charge in [0.25, 0.3) is 0 Å². The Labute approximate surface area is 146 Å². The molecule has 1 aliphatic rings. The van der Waals surface area contributed by atoms with Crippen LogP contribution in [0.25, 0.3) is 0 Å². The van der Waals surface area contributed by atoms with Crippen LogP contribution < -0.4 is 11.1 Å². The van der Waals surface area contributed by atoms with Crippen LogP contribution in [0.5, 0.6) is 5.75 Å². The number of hydrogen-bond acceptors (Lipinski definition) is 4. The number of halogens is 3. The molecule has 0 amide bonds. The molecule has 0 unspecified atom stereocenters. The van der Waals surface area contributed by atoms with Gasteiger partial charge in [0.1, 0.15) is 5.75 Å². The number of nitrogen functional groups attached to an aromatic ring is 1. The van der Waals surface area contributed by atoms with Gasteiger partial charge < -0.3 is 16.2 Å². The number of benzene rings is 1. The number of anilines is 1. The van der Waals surface area contributed by atoms with Crippen molar-refractivity contribution in [2.75, 3.05) is 31.9 Å². The van der Waals surface area contributed by atoms with Crippen molar-refractivity contribution in [3.63, 3.8) is 0 Å². The highest BCUT2D eigenvalue weighted by Gasteiger charge is 2.26. The fourth-order valence-electron chi connectivity index (χ4n) is 2.52. The van der Waals surface area contributed by atoms with Crippen LogP contribution in [0, 0.1) is 0 Å². The van der Waals surface area contributed by atoms with E-state index in [1.807, 2.05) is 12.1 Å². The molecule has 120 valence electrons. The van der Waals surface area contributed by atoms with Gasteiger partial charge in [-0.05, 0) is 18.6 Å². The Balaban J connectivity index is 0.00000200. The van der Waals surface area contributed by atoms with Crippen LogP contribution in [0.2, 0.25) is 0 Å². The summed E-state index contributed by atoms with van der Waals surface area (Å²) in [5.74, 6) is 0.180. The quantitative estimate of drug-likeness (QED) is 0.414. The number of nitrogens with zero attached hydrogens (tertiary/aromatic N) is 1. The summed E-state index contributed by atoms with van der Waals surface area (Å²) in [5.41, 5.74) is 7.11. The monoisotopic (exact) mass is 397 g/mol. The minimum absolute atomic E-state index is 0. The number of hydrogen-bond donors (Lipinski definition) is 3. The molecule has 1 heterocycles. The van der Waals surface area contributed by atoms with Gasteiger partial charge in [-0.25, -0.2) is 0 Å². The van der Waals surface area contributed by atoms with Gasteiger partial charge in [0.15, 0.2) is 0 Å². The lowest BCUT2D eigenvalue weighted by molar-refractivity contribution is 0.171. The van der Waals surface area contributed by atoms with Gasteiger partial charge in [-0.15, -0.1) is 31.4 Å². The minimum Gasteiger partial charge on any atom is -0.505 e. The number of aromatic hydroxyl groups is 1. The highest BCUT2D eigenvalue weighted by molar-refractivity contribution is 9.10. The maximum absolute atomic E-state index is 10.3. The van der Waals surface area contributed by atoms with Crippen LogP contribution in [-0.4, -0.2) is 36.2 Å². The number of phenolic OH excluding ortho intramolecular Hbond substituents is 1. The van der Waals surface area contributed by atoms with Crippen LogP contribution in [0.3, 0.4) is 0 Å². The van der Waals surface area contributed by atoms with Crippen molar-refractivity contribution in [2.24, 2.45) is 0 Å². The number of nitrogens with two attached hydrogens (primary N) is 1. The first-order chi connectivity index (χ1) is 9.15. The molecule has 2 rings (SSSR count). The molecule has 4 N–H and O–H groups in total. The summed E-state index contributed by atoms with van der Waals surface area (Å²) in [4.78, 5) is 2.36. The summed E-state index contributed by atoms with van der Waals surface area (Å²) in [6, 6.07) is 3.71. The lowest BCUT2D eigenvalue weighted by Gasteiger charge is -2.35. The number of phenols is 1. The molecule has 1 aliphatic heterocycles. The standard InChI is InChI=1S/C14H20BrN3O.2ClH/c1-2-3-12(18-8-6-17-7-9-18)13-10(15)4-5-11(16)14(13)19;;/h2,4-5,12,17,19H,1,3,6-9,16H2;2*1H/t12-;;/m0../s1. The predicted octanol–water partition coefficient (Wildman–Crippen LogP) is 3.10. The van der Waals surface area contributed by atoms with Crippen molar-refractivity contribution >= 4 is 46.4 Å². The Hall–Kier alpha value is -0.460. The smallest absolute Gasteiger partial charge is 0.144 e. The average Bonchev–Trinajstić information content (AvgIpc) is 2.43. The first-order valence-electron chi connectivity index (χ1n) is 6.47. The van der Waals surface area contributed by atoms with Crippen LogP contribution in [-0.2, 0) is 0 Å². The van der Waals surface area contributed by atoms with Gasteiger partial charge in [-0.1, -0.05) is 22.0 Å². The summed E-state index contributed by atoms with van der Waals surface area (Å²) in [7, 11) is 0. The van der Waals surface area contributed by atoms with E-state index in [1.165, 1.54) is 0 Å². The van der Waals surface area contributed by atoms with Crippen molar-refractivity contribution in [1.29, 1.82) is 0 Å². The molecular weight excluding hydrogens is 377 g/mol. The SMILES string of the molecule is C=CC[C@@H](c1c(Br)ccc(N)c1O)N1CCNCC1.Cl.Cl. The second-order valence-corrected chi connectivity index (χ2v) is 5.58. The van der Waals surface area contributed by atoms with E-state index in [0.717, 1.165) is 42.6 Å². The van der Waals surface area contributed by atoms with Gasteiger partial charge in [-0.3, -0.25) is 4.90 Å². The molecule has 0 radical (unpaired) electrons. The third-order valence-corrected chi connectivity index (χ3v) is 4.20. The van der Waals surface area contributed by atoms with E-state index < -0.39 is 0 Å². The second kappa shape index (κ2) is 9.54. The maximum Gasteiger partial charge on any atom is 0.144 e. The highest BCUT2D eigenvalue weighted by Crippen LogP contribution is 2.40. The summed E-state index contributed by atoms with van der Waals surface area (Å²) in [6.07, 6.45) is 2.68. The summed E-state index contributed by atoms with van der Waals surface area (Å²) in [6.45, 7) is 7.68. The van der Waals surface area contributed by atoms with E-state index in [-0.39, 0.29) is 36.6 Å². The van der Waals surface area contributed by atoms with Crippen LogP contribution in [0.4, 0.5) is 5.69 Å². The number of nitrogens with one attached hydrogen (secondary N) is 1. The Kier molecular flexibility index (Phi) is 9.33. The van der Waals surface area contributed by atoms with E-state index >= 15 is 0 Å². The molecule has 0 saturated carbocycles. The van der Waals surface area contributed by atoms with Crippen molar-refractivity contribution in [1.82, 2.24) is 10.2 Å². The fraction of sp³-hybridized carbons (Fsp3) is 0.429. The van der Waals surface area contributed by atoms with Crippen molar-refractivity contribution in [3.8, 4) is 5.75 Å². The van der Waals surface area contributed by atoms with Crippen molar-refractivity contribution < 1.29 is 5.11 Å². The predicted molar refractivity (Wildman–Crippen MR) is 96.7 cm³/mol. The largest absolute Gasteiger partial charge is 0.505 e. The zero-order valence-electron chi connectivity index (χ0n) is 11.7. The molecule has 4 nitrogen and oxygen atoms in total. The summed E-state index contributed by atoms with van der Waals surface area (Å²) < 4.78 is 0.893. The second-order valence-electron chi connectivity index (χ2n) is 4.73. The van der Waals surface area contributed by atoms with E-state index in [9.17, 15) is 5.11 Å². The molecule has 0 bridgehead atoms. The third kappa shape index (κ3) is 4.76. The summed E-state index contributed by atoms with van der Waals surface area (Å²) in [5, 5.41) is 13.6. The zero-order chi connectivity index (χ0) is 13.8. The Morgan fingerprint density at radius 1 is 1.38 bits per heavy atom. The van der Waals surface area contributed by atoms with E-state index in [1.54, 1.807) is 6.07 Å². The molecule has 1 atom stereocenters.